The predicted molar refractivity (Wildman–Crippen MR) is 97.0 cm³/mol. The molecule has 0 radical (unpaired) electrons. The second-order valence-electron chi connectivity index (χ2n) is 6.17. The van der Waals surface area contributed by atoms with Crippen molar-refractivity contribution in [3.05, 3.63) is 65.2 Å². The zero-order chi connectivity index (χ0) is 18.6. The van der Waals surface area contributed by atoms with Crippen molar-refractivity contribution in [2.45, 2.75) is 31.2 Å². The fourth-order valence-electron chi connectivity index (χ4n) is 2.41. The lowest BCUT2D eigenvalue weighted by atomic mass is 10.0. The number of hydrogen-bond donors (Lipinski definition) is 0. The SMILES string of the molecule is COC(=O)c1ccc(S(=O)(=O)N(C)Cc2ccc(C(C)C)cc2)cc1. The van der Waals surface area contributed by atoms with Crippen LogP contribution in [0.5, 0.6) is 0 Å². The van der Waals surface area contributed by atoms with E-state index in [9.17, 15) is 13.2 Å². The third-order valence-electron chi connectivity index (χ3n) is 4.04. The van der Waals surface area contributed by atoms with E-state index in [-0.39, 0.29) is 11.4 Å². The number of carbonyl (C=O) groups is 1. The molecule has 2 rings (SSSR count). The Bertz CT molecular complexity index is 825. The lowest BCUT2D eigenvalue weighted by Gasteiger charge is -2.18. The monoisotopic (exact) mass is 361 g/mol. The van der Waals surface area contributed by atoms with Crippen LogP contribution < -0.4 is 0 Å². The second-order valence-corrected chi connectivity index (χ2v) is 8.22. The molecule has 0 saturated heterocycles. The van der Waals surface area contributed by atoms with Crippen molar-refractivity contribution >= 4 is 16.0 Å². The summed E-state index contributed by atoms with van der Waals surface area (Å²) in [5, 5.41) is 0. The first kappa shape index (κ1) is 19.1. The molecule has 0 atom stereocenters. The first-order chi connectivity index (χ1) is 11.8. The van der Waals surface area contributed by atoms with Crippen molar-refractivity contribution in [1.82, 2.24) is 4.31 Å². The van der Waals surface area contributed by atoms with Crippen LogP contribution in [-0.2, 0) is 21.3 Å². The Morgan fingerprint density at radius 3 is 2.08 bits per heavy atom. The van der Waals surface area contributed by atoms with Gasteiger partial charge >= 0.3 is 5.97 Å². The van der Waals surface area contributed by atoms with Crippen LogP contribution in [0.1, 0.15) is 41.3 Å². The lowest BCUT2D eigenvalue weighted by Crippen LogP contribution is -2.26. The van der Waals surface area contributed by atoms with Crippen LogP contribution in [0.15, 0.2) is 53.4 Å². The van der Waals surface area contributed by atoms with E-state index in [4.69, 9.17) is 0 Å². The molecule has 25 heavy (non-hydrogen) atoms. The first-order valence-corrected chi connectivity index (χ1v) is 9.43. The van der Waals surface area contributed by atoms with Gasteiger partial charge in [-0.2, -0.15) is 4.31 Å². The van der Waals surface area contributed by atoms with E-state index in [1.165, 1.54) is 41.2 Å². The summed E-state index contributed by atoms with van der Waals surface area (Å²) in [6.07, 6.45) is 0. The summed E-state index contributed by atoms with van der Waals surface area (Å²) in [5.41, 5.74) is 2.45. The van der Waals surface area contributed by atoms with E-state index >= 15 is 0 Å². The van der Waals surface area contributed by atoms with Gasteiger partial charge in [0.1, 0.15) is 0 Å². The minimum atomic E-state index is -3.63. The standard InChI is InChI=1S/C19H23NO4S/c1-14(2)16-7-5-15(6-8-16)13-20(3)25(22,23)18-11-9-17(10-12-18)19(21)24-4/h5-12,14H,13H2,1-4H3. The summed E-state index contributed by atoms with van der Waals surface area (Å²) in [6, 6.07) is 13.7. The maximum absolute atomic E-state index is 12.7. The van der Waals surface area contributed by atoms with E-state index in [1.807, 2.05) is 24.3 Å². The van der Waals surface area contributed by atoms with Crippen LogP contribution in [0.2, 0.25) is 0 Å². The predicted octanol–water partition coefficient (Wildman–Crippen LogP) is 3.42. The molecule has 0 saturated carbocycles. The quantitative estimate of drug-likeness (QED) is 0.740. The molecule has 0 fully saturated rings. The third kappa shape index (κ3) is 4.46. The van der Waals surface area contributed by atoms with Crippen molar-refractivity contribution in [2.24, 2.45) is 0 Å². The van der Waals surface area contributed by atoms with E-state index in [2.05, 4.69) is 18.6 Å². The Balaban J connectivity index is 2.16. The summed E-state index contributed by atoms with van der Waals surface area (Å²) >= 11 is 0. The Hall–Kier alpha value is -2.18. The second kappa shape index (κ2) is 7.80. The average molecular weight is 361 g/mol. The molecule has 0 spiro atoms. The third-order valence-corrected chi connectivity index (χ3v) is 5.85. The number of carbonyl (C=O) groups excluding carboxylic acids is 1. The fourth-order valence-corrected chi connectivity index (χ4v) is 3.57. The van der Waals surface area contributed by atoms with Gasteiger partial charge in [0.05, 0.1) is 17.6 Å². The maximum atomic E-state index is 12.7. The van der Waals surface area contributed by atoms with Gasteiger partial charge in [-0.3, -0.25) is 0 Å². The van der Waals surface area contributed by atoms with Gasteiger partial charge < -0.3 is 4.74 Å². The molecule has 0 unspecified atom stereocenters. The van der Waals surface area contributed by atoms with Gasteiger partial charge in [0.2, 0.25) is 10.0 Å². The van der Waals surface area contributed by atoms with E-state index in [1.54, 1.807) is 7.05 Å². The largest absolute Gasteiger partial charge is 0.465 e. The van der Waals surface area contributed by atoms with Gasteiger partial charge in [-0.05, 0) is 41.3 Å². The summed E-state index contributed by atoms with van der Waals surface area (Å²) < 4.78 is 31.3. The summed E-state index contributed by atoms with van der Waals surface area (Å²) in [7, 11) is -0.807. The van der Waals surface area contributed by atoms with Crippen LogP contribution in [0.25, 0.3) is 0 Å². The molecule has 2 aromatic rings. The van der Waals surface area contributed by atoms with Crippen LogP contribution in [0.3, 0.4) is 0 Å². The first-order valence-electron chi connectivity index (χ1n) is 7.99. The van der Waals surface area contributed by atoms with Gasteiger partial charge in [0.15, 0.2) is 0 Å². The van der Waals surface area contributed by atoms with Crippen LogP contribution in [-0.4, -0.2) is 32.8 Å². The highest BCUT2D eigenvalue weighted by Gasteiger charge is 2.21. The Labute approximate surface area is 149 Å². The van der Waals surface area contributed by atoms with Crippen LogP contribution in [0.4, 0.5) is 0 Å². The number of sulfonamides is 1. The molecule has 2 aromatic carbocycles. The molecule has 0 bridgehead atoms. The van der Waals surface area contributed by atoms with Gasteiger partial charge in [-0.15, -0.1) is 0 Å². The summed E-state index contributed by atoms with van der Waals surface area (Å²) in [5.74, 6) is -0.0635. The van der Waals surface area contributed by atoms with Crippen molar-refractivity contribution in [3.8, 4) is 0 Å². The van der Waals surface area contributed by atoms with Crippen molar-refractivity contribution in [1.29, 1.82) is 0 Å². The number of hydrogen-bond acceptors (Lipinski definition) is 4. The minimum absolute atomic E-state index is 0.140. The number of rotatable bonds is 6. The minimum Gasteiger partial charge on any atom is -0.465 e. The van der Waals surface area contributed by atoms with Crippen LogP contribution in [0, 0.1) is 0 Å². The number of esters is 1. The van der Waals surface area contributed by atoms with Crippen molar-refractivity contribution in [3.63, 3.8) is 0 Å². The summed E-state index contributed by atoms with van der Waals surface area (Å²) in [6.45, 7) is 4.51. The molecule has 0 heterocycles. The fraction of sp³-hybridized carbons (Fsp3) is 0.316. The highest BCUT2D eigenvalue weighted by molar-refractivity contribution is 7.89. The van der Waals surface area contributed by atoms with E-state index in [0.717, 1.165) is 5.56 Å². The molecule has 5 nitrogen and oxygen atoms in total. The molecule has 134 valence electrons. The topological polar surface area (TPSA) is 63.7 Å². The number of methoxy groups -OCH3 is 1. The highest BCUT2D eigenvalue weighted by Crippen LogP contribution is 2.19. The number of nitrogens with zero attached hydrogens (tertiary/aromatic N) is 1. The number of benzene rings is 2. The highest BCUT2D eigenvalue weighted by atomic mass is 32.2. The molecule has 0 aliphatic rings. The summed E-state index contributed by atoms with van der Waals surface area (Å²) in [4.78, 5) is 11.6. The zero-order valence-electron chi connectivity index (χ0n) is 14.9. The molecule has 0 aliphatic heterocycles. The lowest BCUT2D eigenvalue weighted by molar-refractivity contribution is 0.0600. The molecule has 6 heteroatoms. The van der Waals surface area contributed by atoms with Gasteiger partial charge in [0, 0.05) is 13.6 Å². The molecular formula is C19H23NO4S. The zero-order valence-corrected chi connectivity index (χ0v) is 15.7. The molecule has 0 aliphatic carbocycles. The maximum Gasteiger partial charge on any atom is 0.337 e. The van der Waals surface area contributed by atoms with Crippen molar-refractivity contribution < 1.29 is 17.9 Å². The molecular weight excluding hydrogens is 338 g/mol. The van der Waals surface area contributed by atoms with E-state index in [0.29, 0.717) is 11.5 Å². The van der Waals surface area contributed by atoms with Gasteiger partial charge in [-0.25, -0.2) is 13.2 Å². The van der Waals surface area contributed by atoms with E-state index < -0.39 is 16.0 Å². The van der Waals surface area contributed by atoms with Gasteiger partial charge in [0.25, 0.3) is 0 Å². The molecule has 0 amide bonds. The Morgan fingerprint density at radius 2 is 1.60 bits per heavy atom. The number of ether oxygens (including phenoxy) is 1. The normalized spacial score (nSPS) is 11.8. The van der Waals surface area contributed by atoms with Crippen LogP contribution >= 0.6 is 0 Å². The smallest absolute Gasteiger partial charge is 0.337 e. The van der Waals surface area contributed by atoms with Crippen molar-refractivity contribution in [2.75, 3.05) is 14.2 Å². The molecule has 0 N–H and O–H groups in total. The Morgan fingerprint density at radius 1 is 1.04 bits per heavy atom. The molecule has 0 aromatic heterocycles. The average Bonchev–Trinajstić information content (AvgIpc) is 2.61. The van der Waals surface area contributed by atoms with Gasteiger partial charge in [-0.1, -0.05) is 38.1 Å². The Kier molecular flexibility index (Phi) is 5.98.